The Balaban J connectivity index is 2.07. The van der Waals surface area contributed by atoms with Crippen LogP contribution in [-0.4, -0.2) is 38.1 Å². The van der Waals surface area contributed by atoms with Crippen LogP contribution in [0.5, 0.6) is 0 Å². The zero-order chi connectivity index (χ0) is 21.7. The van der Waals surface area contributed by atoms with Crippen molar-refractivity contribution < 1.29 is 9.53 Å². The van der Waals surface area contributed by atoms with Crippen molar-refractivity contribution in [3.63, 3.8) is 0 Å². The van der Waals surface area contributed by atoms with Crippen LogP contribution in [0.1, 0.15) is 21.5 Å². The number of nitrogens with one attached hydrogen (secondary N) is 3. The van der Waals surface area contributed by atoms with E-state index in [4.69, 9.17) is 27.9 Å². The summed E-state index contributed by atoms with van der Waals surface area (Å²) < 4.78 is 5.34. The summed E-state index contributed by atoms with van der Waals surface area (Å²) in [5, 5.41) is 11.0. The molecule has 1 heterocycles. The van der Waals surface area contributed by atoms with Gasteiger partial charge in [0.2, 0.25) is 0 Å². The highest BCUT2D eigenvalue weighted by atomic mass is 35.5. The number of rotatable bonds is 8. The zero-order valence-corrected chi connectivity index (χ0v) is 18.6. The molecule has 0 saturated heterocycles. The van der Waals surface area contributed by atoms with E-state index in [1.165, 1.54) is 0 Å². The zero-order valence-electron chi connectivity index (χ0n) is 17.1. The van der Waals surface area contributed by atoms with Gasteiger partial charge in [-0.3, -0.25) is 9.78 Å². The van der Waals surface area contributed by atoms with Crippen molar-refractivity contribution in [2.45, 2.75) is 13.5 Å². The molecule has 3 aromatic rings. The third-order valence-electron chi connectivity index (χ3n) is 4.61. The number of benzene rings is 2. The van der Waals surface area contributed by atoms with Crippen LogP contribution >= 0.6 is 23.2 Å². The van der Waals surface area contributed by atoms with Crippen LogP contribution in [0.25, 0.3) is 10.9 Å². The van der Waals surface area contributed by atoms with Gasteiger partial charge < -0.3 is 20.7 Å². The normalized spacial score (nSPS) is 11.0. The standard InChI is InChI=1S/C22H24Cl2N4O2/c1-13-9-15-20(26-8-7-25-2)14(12-30-3)11-27-21(15)18(10-13)28-22(29)19-16(23)5-4-6-17(19)24/h4-6,9-11,25H,7-8,12H2,1-3H3,(H,26,27)(H,28,29). The molecule has 158 valence electrons. The van der Waals surface area contributed by atoms with Gasteiger partial charge in [-0.1, -0.05) is 29.3 Å². The van der Waals surface area contributed by atoms with Gasteiger partial charge in [0, 0.05) is 37.3 Å². The highest BCUT2D eigenvalue weighted by Crippen LogP contribution is 2.33. The van der Waals surface area contributed by atoms with E-state index in [-0.39, 0.29) is 11.5 Å². The number of carbonyl (C=O) groups is 1. The van der Waals surface area contributed by atoms with Gasteiger partial charge in [0.15, 0.2) is 0 Å². The number of anilines is 2. The summed E-state index contributed by atoms with van der Waals surface area (Å²) in [5.41, 5.74) is 4.36. The van der Waals surface area contributed by atoms with Crippen LogP contribution in [0.15, 0.2) is 36.5 Å². The number of likely N-dealkylation sites (N-methyl/N-ethyl adjacent to an activating group) is 1. The molecule has 1 aromatic heterocycles. The van der Waals surface area contributed by atoms with Crippen molar-refractivity contribution in [2.24, 2.45) is 0 Å². The molecular weight excluding hydrogens is 423 g/mol. The third-order valence-corrected chi connectivity index (χ3v) is 5.24. The van der Waals surface area contributed by atoms with Crippen LogP contribution < -0.4 is 16.0 Å². The maximum absolute atomic E-state index is 12.9. The van der Waals surface area contributed by atoms with Gasteiger partial charge in [0.25, 0.3) is 5.91 Å². The molecule has 0 aliphatic heterocycles. The van der Waals surface area contributed by atoms with E-state index in [9.17, 15) is 4.79 Å². The summed E-state index contributed by atoms with van der Waals surface area (Å²) >= 11 is 12.4. The minimum absolute atomic E-state index is 0.235. The predicted octanol–water partition coefficient (Wildman–Crippen LogP) is 4.88. The number of pyridine rings is 1. The molecule has 0 bridgehead atoms. The number of nitrogens with zero attached hydrogens (tertiary/aromatic N) is 1. The Hall–Kier alpha value is -2.38. The van der Waals surface area contributed by atoms with Crippen molar-refractivity contribution in [1.29, 1.82) is 0 Å². The molecule has 1 amide bonds. The fraction of sp³-hybridized carbons (Fsp3) is 0.273. The molecule has 8 heteroatoms. The number of fused-ring (bicyclic) bond motifs is 1. The van der Waals surface area contributed by atoms with Gasteiger partial charge in [-0.25, -0.2) is 0 Å². The molecule has 3 rings (SSSR count). The Kier molecular flexibility index (Phi) is 7.50. The lowest BCUT2D eigenvalue weighted by atomic mass is 10.0. The maximum atomic E-state index is 12.9. The molecule has 0 fully saturated rings. The van der Waals surface area contributed by atoms with Crippen LogP contribution in [0, 0.1) is 6.92 Å². The van der Waals surface area contributed by atoms with Crippen LogP contribution in [-0.2, 0) is 11.3 Å². The van der Waals surface area contributed by atoms with Gasteiger partial charge in [-0.15, -0.1) is 0 Å². The second-order valence-electron chi connectivity index (χ2n) is 6.88. The summed E-state index contributed by atoms with van der Waals surface area (Å²) in [4.78, 5) is 17.5. The SMILES string of the molecule is CNCCNc1c(COC)cnc2c(NC(=O)c3c(Cl)cccc3Cl)cc(C)cc12. The van der Waals surface area contributed by atoms with Crippen molar-refractivity contribution in [2.75, 3.05) is 37.9 Å². The first-order chi connectivity index (χ1) is 14.5. The highest BCUT2D eigenvalue weighted by Gasteiger charge is 2.18. The molecule has 2 aromatic carbocycles. The lowest BCUT2D eigenvalue weighted by molar-refractivity contribution is 0.102. The number of amides is 1. The first-order valence-corrected chi connectivity index (χ1v) is 10.3. The Bertz CT molecular complexity index is 1050. The summed E-state index contributed by atoms with van der Waals surface area (Å²) in [6.07, 6.45) is 1.76. The van der Waals surface area contributed by atoms with Crippen molar-refractivity contribution in [1.82, 2.24) is 10.3 Å². The van der Waals surface area contributed by atoms with Gasteiger partial charge >= 0.3 is 0 Å². The van der Waals surface area contributed by atoms with E-state index in [0.717, 1.165) is 35.3 Å². The van der Waals surface area contributed by atoms with Crippen molar-refractivity contribution in [3.05, 3.63) is 63.3 Å². The second kappa shape index (κ2) is 10.1. The number of aryl methyl sites for hydroxylation is 1. The summed E-state index contributed by atoms with van der Waals surface area (Å²) in [6, 6.07) is 8.89. The van der Waals surface area contributed by atoms with Crippen LogP contribution in [0.2, 0.25) is 10.0 Å². The topological polar surface area (TPSA) is 75.3 Å². The Morgan fingerprint density at radius 1 is 1.17 bits per heavy atom. The highest BCUT2D eigenvalue weighted by molar-refractivity contribution is 6.40. The number of aromatic nitrogens is 1. The lowest BCUT2D eigenvalue weighted by Gasteiger charge is -2.17. The van der Waals surface area contributed by atoms with Gasteiger partial charge in [-0.05, 0) is 43.8 Å². The summed E-state index contributed by atoms with van der Waals surface area (Å²) in [6.45, 7) is 3.93. The van der Waals surface area contributed by atoms with E-state index in [2.05, 4.69) is 20.9 Å². The van der Waals surface area contributed by atoms with Crippen molar-refractivity contribution >= 4 is 51.4 Å². The molecule has 30 heavy (non-hydrogen) atoms. The average molecular weight is 447 g/mol. The van der Waals surface area contributed by atoms with Crippen LogP contribution in [0.4, 0.5) is 11.4 Å². The molecule has 3 N–H and O–H groups in total. The first kappa shape index (κ1) is 22.3. The average Bonchev–Trinajstić information content (AvgIpc) is 2.69. The second-order valence-corrected chi connectivity index (χ2v) is 7.70. The Labute approximate surface area is 185 Å². The van der Waals surface area contributed by atoms with Gasteiger partial charge in [-0.2, -0.15) is 0 Å². The van der Waals surface area contributed by atoms with E-state index >= 15 is 0 Å². The number of halogens is 2. The number of carbonyl (C=O) groups excluding carboxylic acids is 1. The minimum Gasteiger partial charge on any atom is -0.383 e. The fourth-order valence-electron chi connectivity index (χ4n) is 3.27. The lowest BCUT2D eigenvalue weighted by Crippen LogP contribution is -2.19. The summed E-state index contributed by atoms with van der Waals surface area (Å²) in [7, 11) is 3.55. The third kappa shape index (κ3) is 4.84. The Morgan fingerprint density at radius 3 is 2.57 bits per heavy atom. The molecular formula is C22H24Cl2N4O2. The molecule has 6 nitrogen and oxygen atoms in total. The predicted molar refractivity (Wildman–Crippen MR) is 124 cm³/mol. The molecule has 0 aliphatic rings. The van der Waals surface area contributed by atoms with E-state index < -0.39 is 0 Å². The van der Waals surface area contributed by atoms with Crippen molar-refractivity contribution in [3.8, 4) is 0 Å². The van der Waals surface area contributed by atoms with Gasteiger partial charge in [0.05, 0.1) is 39.1 Å². The molecule has 0 radical (unpaired) electrons. The molecule has 0 spiro atoms. The quantitative estimate of drug-likeness (QED) is 0.429. The molecule has 0 unspecified atom stereocenters. The van der Waals surface area contributed by atoms with E-state index in [1.807, 2.05) is 26.1 Å². The number of hydrogen-bond donors (Lipinski definition) is 3. The van der Waals surface area contributed by atoms with E-state index in [1.54, 1.807) is 31.5 Å². The number of hydrogen-bond acceptors (Lipinski definition) is 5. The number of methoxy groups -OCH3 is 1. The maximum Gasteiger partial charge on any atom is 0.258 e. The largest absolute Gasteiger partial charge is 0.383 e. The first-order valence-electron chi connectivity index (χ1n) is 9.51. The van der Waals surface area contributed by atoms with E-state index in [0.29, 0.717) is 27.9 Å². The monoisotopic (exact) mass is 446 g/mol. The van der Waals surface area contributed by atoms with Crippen LogP contribution in [0.3, 0.4) is 0 Å². The smallest absolute Gasteiger partial charge is 0.258 e. The minimum atomic E-state index is -0.384. The fourth-order valence-corrected chi connectivity index (χ4v) is 3.84. The summed E-state index contributed by atoms with van der Waals surface area (Å²) in [5.74, 6) is -0.384. The molecule has 0 saturated carbocycles. The molecule has 0 atom stereocenters. The van der Waals surface area contributed by atoms with Gasteiger partial charge in [0.1, 0.15) is 0 Å². The Morgan fingerprint density at radius 2 is 1.90 bits per heavy atom. The number of ether oxygens (including phenoxy) is 1. The molecule has 0 aliphatic carbocycles.